The normalized spacial score (nSPS) is 17.6. The van der Waals surface area contributed by atoms with Crippen LogP contribution >= 0.6 is 11.6 Å². The molecular weight excluding hydrogens is 621 g/mol. The first-order valence-electron chi connectivity index (χ1n) is 15.1. The van der Waals surface area contributed by atoms with Crippen molar-refractivity contribution < 1.29 is 27.9 Å². The Hall–Kier alpha value is -4.16. The lowest BCUT2D eigenvalue weighted by Crippen LogP contribution is -2.54. The van der Waals surface area contributed by atoms with E-state index < -0.39 is 12.1 Å². The molecule has 1 atom stereocenters. The number of fused-ring (bicyclic) bond motifs is 1. The Bertz CT molecular complexity index is 1700. The molecule has 2 aromatic heterocycles. The summed E-state index contributed by atoms with van der Waals surface area (Å²) in [5, 5.41) is 9.15. The molecule has 9 nitrogen and oxygen atoms in total. The van der Waals surface area contributed by atoms with E-state index in [9.17, 15) is 18.0 Å². The third kappa shape index (κ3) is 7.13. The van der Waals surface area contributed by atoms with Gasteiger partial charge in [-0.3, -0.25) is 9.69 Å². The minimum absolute atomic E-state index is 0.119. The number of carbonyl (C=O) groups is 2. The highest BCUT2D eigenvalue weighted by Gasteiger charge is 2.38. The van der Waals surface area contributed by atoms with Gasteiger partial charge in [-0.2, -0.15) is 13.2 Å². The fraction of sp³-hybridized carbons (Fsp3) is 0.394. The number of hydrogen-bond acceptors (Lipinski definition) is 5. The first-order chi connectivity index (χ1) is 21.8. The van der Waals surface area contributed by atoms with Crippen molar-refractivity contribution in [2.45, 2.75) is 32.6 Å². The van der Waals surface area contributed by atoms with Gasteiger partial charge in [0.2, 0.25) is 0 Å². The van der Waals surface area contributed by atoms with Crippen molar-refractivity contribution in [2.75, 3.05) is 55.6 Å². The van der Waals surface area contributed by atoms with Crippen LogP contribution in [-0.2, 0) is 18.4 Å². The lowest BCUT2D eigenvalue weighted by molar-refractivity contribution is -0.192. The molecule has 4 heterocycles. The number of amides is 1. The molecule has 13 heteroatoms. The maximum absolute atomic E-state index is 13.8. The molecule has 2 N–H and O–H groups in total. The zero-order chi connectivity index (χ0) is 33.2. The third-order valence-electron chi connectivity index (χ3n) is 8.86. The number of aliphatic carboxylic acids is 1. The summed E-state index contributed by atoms with van der Waals surface area (Å²) in [6, 6.07) is 18.8. The number of para-hydroxylation sites is 2. The van der Waals surface area contributed by atoms with Crippen LogP contribution in [-0.4, -0.2) is 94.4 Å². The van der Waals surface area contributed by atoms with E-state index in [4.69, 9.17) is 21.5 Å². The number of carboxylic acid groups (broad SMARTS) is 1. The molecule has 4 aromatic rings. The lowest BCUT2D eigenvalue weighted by Gasteiger charge is -2.41. The fourth-order valence-electron chi connectivity index (χ4n) is 6.18. The van der Waals surface area contributed by atoms with Gasteiger partial charge in [0.05, 0.1) is 21.9 Å². The Labute approximate surface area is 270 Å². The zero-order valence-corrected chi connectivity index (χ0v) is 26.8. The van der Waals surface area contributed by atoms with Gasteiger partial charge < -0.3 is 29.4 Å². The topological polar surface area (TPSA) is 88.0 Å². The Kier molecular flexibility index (Phi) is 9.88. The first kappa shape index (κ1) is 33.2. The van der Waals surface area contributed by atoms with Crippen molar-refractivity contribution in [3.8, 4) is 0 Å². The number of hydrogen-bond donors (Lipinski definition) is 2. The fourth-order valence-corrected chi connectivity index (χ4v) is 6.44. The second kappa shape index (κ2) is 13.7. The van der Waals surface area contributed by atoms with Crippen molar-refractivity contribution in [2.24, 2.45) is 7.05 Å². The first-order valence-corrected chi connectivity index (χ1v) is 15.5. The molecule has 0 spiro atoms. The van der Waals surface area contributed by atoms with Crippen LogP contribution in [0, 0.1) is 6.92 Å². The van der Waals surface area contributed by atoms with Gasteiger partial charge in [-0.15, -0.1) is 0 Å². The predicted octanol–water partition coefficient (Wildman–Crippen LogP) is 5.77. The molecule has 0 saturated carbocycles. The van der Waals surface area contributed by atoms with Gasteiger partial charge in [0, 0.05) is 82.7 Å². The van der Waals surface area contributed by atoms with E-state index in [0.717, 1.165) is 67.9 Å². The number of anilines is 2. The number of carbonyl (C=O) groups excluding carboxylic acids is 1. The summed E-state index contributed by atoms with van der Waals surface area (Å²) in [7, 11) is 2.02. The summed E-state index contributed by atoms with van der Waals surface area (Å²) < 4.78 is 33.8. The Morgan fingerprint density at radius 2 is 1.61 bits per heavy atom. The summed E-state index contributed by atoms with van der Waals surface area (Å²) in [6.07, 6.45) is -3.09. The van der Waals surface area contributed by atoms with Gasteiger partial charge in [0.25, 0.3) is 5.91 Å². The maximum atomic E-state index is 13.8. The van der Waals surface area contributed by atoms with Crippen LogP contribution in [0.1, 0.15) is 28.7 Å². The largest absolute Gasteiger partial charge is 0.490 e. The summed E-state index contributed by atoms with van der Waals surface area (Å²) >= 11 is 6.43. The highest BCUT2D eigenvalue weighted by atomic mass is 35.5. The molecule has 6 rings (SSSR count). The molecule has 2 aromatic carbocycles. The van der Waals surface area contributed by atoms with Gasteiger partial charge in [-0.05, 0) is 49.7 Å². The number of H-pyrrole nitrogens is 1. The van der Waals surface area contributed by atoms with E-state index in [1.165, 1.54) is 22.2 Å². The monoisotopic (exact) mass is 658 g/mol. The molecule has 0 radical (unpaired) electrons. The number of aromatic amines is 1. The summed E-state index contributed by atoms with van der Waals surface area (Å²) in [5.41, 5.74) is 6.67. The van der Waals surface area contributed by atoms with Crippen LogP contribution in [0.3, 0.4) is 0 Å². The highest BCUT2D eigenvalue weighted by molar-refractivity contribution is 6.33. The van der Waals surface area contributed by atoms with Gasteiger partial charge in [0.15, 0.2) is 0 Å². The minimum Gasteiger partial charge on any atom is -0.475 e. The number of piperazine rings is 2. The number of nitrogens with zero attached hydrogens (tertiary/aromatic N) is 5. The van der Waals surface area contributed by atoms with Crippen molar-refractivity contribution in [1.82, 2.24) is 19.4 Å². The van der Waals surface area contributed by atoms with Crippen LogP contribution in [0.25, 0.3) is 10.9 Å². The highest BCUT2D eigenvalue weighted by Crippen LogP contribution is 2.29. The second-order valence-electron chi connectivity index (χ2n) is 11.7. The van der Waals surface area contributed by atoms with E-state index >= 15 is 0 Å². The molecule has 2 saturated heterocycles. The quantitative estimate of drug-likeness (QED) is 0.283. The number of benzene rings is 2. The molecule has 246 valence electrons. The van der Waals surface area contributed by atoms with Crippen LogP contribution in [0.15, 0.2) is 60.8 Å². The van der Waals surface area contributed by atoms with Crippen molar-refractivity contribution in [3.63, 3.8) is 0 Å². The molecular formula is C33H38ClF3N6O3. The number of carboxylic acids is 1. The molecule has 0 bridgehead atoms. The zero-order valence-electron chi connectivity index (χ0n) is 26.0. The number of rotatable bonds is 5. The van der Waals surface area contributed by atoms with Crippen molar-refractivity contribution in [3.05, 3.63) is 82.8 Å². The Morgan fingerprint density at radius 1 is 0.957 bits per heavy atom. The average molecular weight is 659 g/mol. The average Bonchev–Trinajstić information content (AvgIpc) is 3.62. The molecule has 46 heavy (non-hydrogen) atoms. The number of nitrogens with one attached hydrogen (secondary N) is 1. The second-order valence-corrected chi connectivity index (χ2v) is 12.1. The van der Waals surface area contributed by atoms with E-state index in [-0.39, 0.29) is 11.9 Å². The van der Waals surface area contributed by atoms with Crippen LogP contribution < -0.4 is 9.80 Å². The molecule has 2 fully saturated rings. The van der Waals surface area contributed by atoms with Crippen LogP contribution in [0.2, 0.25) is 5.02 Å². The van der Waals surface area contributed by atoms with Crippen molar-refractivity contribution >= 4 is 45.8 Å². The van der Waals surface area contributed by atoms with Gasteiger partial charge in [0.1, 0.15) is 5.69 Å². The van der Waals surface area contributed by atoms with E-state index in [0.29, 0.717) is 6.54 Å². The Balaban J connectivity index is 0.000000537. The van der Waals surface area contributed by atoms with Gasteiger partial charge >= 0.3 is 12.1 Å². The van der Waals surface area contributed by atoms with E-state index in [2.05, 4.69) is 74.5 Å². The summed E-state index contributed by atoms with van der Waals surface area (Å²) in [4.78, 5) is 35.4. The smallest absolute Gasteiger partial charge is 0.475 e. The molecule has 0 unspecified atom stereocenters. The number of alkyl halides is 3. The van der Waals surface area contributed by atoms with Crippen LogP contribution in [0.4, 0.5) is 24.5 Å². The minimum atomic E-state index is -5.08. The van der Waals surface area contributed by atoms with E-state index in [1.807, 2.05) is 36.3 Å². The van der Waals surface area contributed by atoms with Crippen molar-refractivity contribution in [1.29, 1.82) is 0 Å². The Morgan fingerprint density at radius 3 is 2.26 bits per heavy atom. The summed E-state index contributed by atoms with van der Waals surface area (Å²) in [5.74, 6) is -2.63. The van der Waals surface area contributed by atoms with Crippen LogP contribution in [0.5, 0.6) is 0 Å². The SMILES string of the molecule is Cc1c(CN2CCN(c3ccccc3Cl)CC2)cc(C(=O)N2CCN(c3cccc4cc[nH]c34)C[C@@H]2C)n1C.O=C(O)C(F)(F)F. The molecule has 2 aliphatic rings. The summed E-state index contributed by atoms with van der Waals surface area (Å²) in [6.45, 7) is 11.3. The standard InChI is InChI=1S/C31H37ClN6O.C2HF3O2/c1-22-20-37(28-10-6-7-24-11-12-33-30(24)28)17-18-38(22)31(39)29-19-25(23(2)34(29)3)21-35-13-15-36(16-14-35)27-9-5-4-8-26(27)32;3-2(4,5)1(6)7/h4-12,19,22,33H,13-18,20-21H2,1-3H3;(H,6,7)/t22-;/m0./s1. The van der Waals surface area contributed by atoms with Gasteiger partial charge in [-0.1, -0.05) is 35.9 Å². The third-order valence-corrected chi connectivity index (χ3v) is 9.18. The molecule has 0 aliphatic carbocycles. The molecule has 2 aliphatic heterocycles. The van der Waals surface area contributed by atoms with E-state index in [1.54, 1.807) is 0 Å². The number of aromatic nitrogens is 2. The van der Waals surface area contributed by atoms with Gasteiger partial charge in [-0.25, -0.2) is 4.79 Å². The maximum Gasteiger partial charge on any atom is 0.490 e. The molecule has 1 amide bonds. The lowest BCUT2D eigenvalue weighted by atomic mass is 10.1. The predicted molar refractivity (Wildman–Crippen MR) is 174 cm³/mol. The number of halogens is 4.